The summed E-state index contributed by atoms with van der Waals surface area (Å²) in [5, 5.41) is 0. The third-order valence-electron chi connectivity index (χ3n) is 2.12. The first-order valence-electron chi connectivity index (χ1n) is 5.57. The normalized spacial score (nSPS) is 10.8. The first-order valence-corrected chi connectivity index (χ1v) is 5.57. The van der Waals surface area contributed by atoms with Crippen molar-refractivity contribution in [2.45, 2.75) is 19.5 Å². The monoisotopic (exact) mass is 286 g/mol. The minimum atomic E-state index is -4.58. The van der Waals surface area contributed by atoms with Crippen LogP contribution in [-0.4, -0.2) is 12.1 Å². The summed E-state index contributed by atoms with van der Waals surface area (Å²) in [6.07, 6.45) is -6.21. The van der Waals surface area contributed by atoms with Gasteiger partial charge in [0, 0.05) is 0 Å². The topological polar surface area (TPSA) is 35.5 Å². The zero-order chi connectivity index (χ0) is 15.3. The largest absolute Gasteiger partial charge is 0.458 e. The van der Waals surface area contributed by atoms with Crippen molar-refractivity contribution in [2.75, 3.05) is 0 Å². The molecule has 0 N–H and O–H groups in total. The van der Waals surface area contributed by atoms with Gasteiger partial charge in [-0.3, -0.25) is 4.79 Å². The van der Waals surface area contributed by atoms with Crippen molar-refractivity contribution in [1.82, 2.24) is 0 Å². The molecule has 0 saturated carbocycles. The van der Waals surface area contributed by atoms with Crippen LogP contribution < -0.4 is 9.47 Å². The first-order chi connectivity index (χ1) is 9.17. The van der Waals surface area contributed by atoms with Crippen LogP contribution in [0.15, 0.2) is 48.8 Å². The van der Waals surface area contributed by atoms with Gasteiger partial charge in [0.1, 0.15) is 23.7 Å². The molecule has 0 heterocycles. The van der Waals surface area contributed by atoms with Crippen molar-refractivity contribution >= 4 is 5.97 Å². The molecule has 20 heavy (non-hydrogen) atoms. The molecular formula is C14H13F3O3. The van der Waals surface area contributed by atoms with Crippen LogP contribution in [0.25, 0.3) is 0 Å². The summed E-state index contributed by atoms with van der Waals surface area (Å²) in [5.74, 6) is -0.578. The van der Waals surface area contributed by atoms with E-state index in [1.54, 1.807) is 6.92 Å². The van der Waals surface area contributed by atoms with Crippen molar-refractivity contribution in [2.24, 2.45) is 0 Å². The summed E-state index contributed by atoms with van der Waals surface area (Å²) in [4.78, 5) is 11.0. The molecule has 0 atom stereocenters. The highest BCUT2D eigenvalue weighted by Crippen LogP contribution is 2.23. The molecule has 3 nitrogen and oxygen atoms in total. The van der Waals surface area contributed by atoms with Gasteiger partial charge in [0.05, 0.1) is 0 Å². The van der Waals surface area contributed by atoms with E-state index in [0.717, 1.165) is 0 Å². The van der Waals surface area contributed by atoms with Crippen LogP contribution in [0.2, 0.25) is 0 Å². The summed E-state index contributed by atoms with van der Waals surface area (Å²) in [7, 11) is 0. The maximum absolute atomic E-state index is 12.0. The van der Waals surface area contributed by atoms with Gasteiger partial charge in [0.25, 0.3) is 0 Å². The van der Waals surface area contributed by atoms with E-state index in [-0.39, 0.29) is 5.75 Å². The molecule has 0 radical (unpaired) electrons. The number of carbonyl (C=O) groups is 1. The van der Waals surface area contributed by atoms with Crippen LogP contribution in [0.1, 0.15) is 13.3 Å². The average Bonchev–Trinajstić information content (AvgIpc) is 2.28. The second-order valence-corrected chi connectivity index (χ2v) is 4.04. The van der Waals surface area contributed by atoms with Gasteiger partial charge in [-0.05, 0) is 36.8 Å². The molecule has 0 bridgehead atoms. The molecule has 0 aliphatic rings. The Morgan fingerprint density at radius 2 is 1.55 bits per heavy atom. The van der Waals surface area contributed by atoms with Gasteiger partial charge < -0.3 is 9.47 Å². The molecule has 1 aromatic rings. The molecular weight excluding hydrogens is 273 g/mol. The van der Waals surface area contributed by atoms with E-state index in [1.165, 1.54) is 24.3 Å². The molecule has 0 fully saturated rings. The maximum atomic E-state index is 12.0. The van der Waals surface area contributed by atoms with E-state index in [0.29, 0.717) is 17.1 Å². The molecule has 6 heteroatoms. The van der Waals surface area contributed by atoms with E-state index in [2.05, 4.69) is 17.9 Å². The van der Waals surface area contributed by atoms with Crippen LogP contribution in [0.3, 0.4) is 0 Å². The van der Waals surface area contributed by atoms with Crippen molar-refractivity contribution in [3.8, 4) is 11.5 Å². The number of ether oxygens (including phenoxy) is 2. The van der Waals surface area contributed by atoms with Gasteiger partial charge in [-0.25, -0.2) is 0 Å². The van der Waals surface area contributed by atoms with Gasteiger partial charge in [-0.1, -0.05) is 13.2 Å². The zero-order valence-electron chi connectivity index (χ0n) is 10.8. The third-order valence-corrected chi connectivity index (χ3v) is 2.12. The zero-order valence-corrected chi connectivity index (χ0v) is 10.8. The van der Waals surface area contributed by atoms with Crippen LogP contribution in [0.5, 0.6) is 11.5 Å². The Bertz CT molecular complexity index is 515. The highest BCUT2D eigenvalue weighted by Gasteiger charge is 2.32. The van der Waals surface area contributed by atoms with Gasteiger partial charge in [0.15, 0.2) is 0 Å². The fourth-order valence-corrected chi connectivity index (χ4v) is 1.14. The maximum Gasteiger partial charge on any atom is 0.399 e. The molecule has 1 aromatic carbocycles. The average molecular weight is 286 g/mol. The van der Waals surface area contributed by atoms with E-state index in [1.807, 2.05) is 0 Å². The van der Waals surface area contributed by atoms with Crippen LogP contribution in [0.4, 0.5) is 13.2 Å². The molecule has 108 valence electrons. The standard InChI is InChI=1S/C14H13F3O3/c1-9(2)10(3)19-11-4-6-12(7-5-11)20-13(18)8-14(15,16)17/h4-7H,1,3,8H2,2H3. The number of rotatable bonds is 5. The van der Waals surface area contributed by atoms with Crippen LogP contribution >= 0.6 is 0 Å². The number of allylic oxidation sites excluding steroid dienone is 1. The smallest absolute Gasteiger partial charge is 0.399 e. The number of esters is 1. The lowest BCUT2D eigenvalue weighted by Crippen LogP contribution is -2.19. The minimum Gasteiger partial charge on any atom is -0.458 e. The van der Waals surface area contributed by atoms with Crippen molar-refractivity contribution < 1.29 is 27.4 Å². The van der Waals surface area contributed by atoms with Crippen molar-refractivity contribution in [3.05, 3.63) is 48.8 Å². The Morgan fingerprint density at radius 3 is 1.95 bits per heavy atom. The number of benzene rings is 1. The molecule has 0 aliphatic carbocycles. The predicted octanol–water partition coefficient (Wildman–Crippen LogP) is 4.01. The van der Waals surface area contributed by atoms with E-state index in [9.17, 15) is 18.0 Å². The third kappa shape index (κ3) is 5.60. The second-order valence-electron chi connectivity index (χ2n) is 4.04. The number of hydrogen-bond acceptors (Lipinski definition) is 3. The molecule has 0 aliphatic heterocycles. The van der Waals surface area contributed by atoms with Gasteiger partial charge in [-0.15, -0.1) is 0 Å². The second kappa shape index (κ2) is 6.27. The highest BCUT2D eigenvalue weighted by atomic mass is 19.4. The number of halogens is 3. The lowest BCUT2D eigenvalue weighted by molar-refractivity contribution is -0.164. The Labute approximate surface area is 114 Å². The van der Waals surface area contributed by atoms with Gasteiger partial charge in [0.2, 0.25) is 0 Å². The summed E-state index contributed by atoms with van der Waals surface area (Å²) >= 11 is 0. The Morgan fingerprint density at radius 1 is 1.10 bits per heavy atom. The number of alkyl halides is 3. The molecule has 0 saturated heterocycles. The lowest BCUT2D eigenvalue weighted by Gasteiger charge is -2.09. The summed E-state index contributed by atoms with van der Waals surface area (Å²) < 4.78 is 45.7. The Hall–Kier alpha value is -2.24. The molecule has 0 unspecified atom stereocenters. The fourth-order valence-electron chi connectivity index (χ4n) is 1.14. The quantitative estimate of drug-likeness (QED) is 0.355. The summed E-state index contributed by atoms with van der Waals surface area (Å²) in [5.41, 5.74) is 0.644. The highest BCUT2D eigenvalue weighted by molar-refractivity contribution is 5.73. The molecule has 0 aromatic heterocycles. The number of carbonyl (C=O) groups excluding carboxylic acids is 1. The van der Waals surface area contributed by atoms with E-state index >= 15 is 0 Å². The number of hydrogen-bond donors (Lipinski definition) is 0. The van der Waals surface area contributed by atoms with E-state index < -0.39 is 18.6 Å². The van der Waals surface area contributed by atoms with Crippen molar-refractivity contribution in [1.29, 1.82) is 0 Å². The minimum absolute atomic E-state index is 0.00698. The molecule has 0 amide bonds. The van der Waals surface area contributed by atoms with Crippen molar-refractivity contribution in [3.63, 3.8) is 0 Å². The van der Waals surface area contributed by atoms with E-state index in [4.69, 9.17) is 4.74 Å². The Balaban J connectivity index is 2.61. The molecule has 0 spiro atoms. The fraction of sp³-hybridized carbons (Fsp3) is 0.214. The van der Waals surface area contributed by atoms with Gasteiger partial charge >= 0.3 is 12.1 Å². The molecule has 1 rings (SSSR count). The van der Waals surface area contributed by atoms with Crippen LogP contribution in [0, 0.1) is 0 Å². The first kappa shape index (κ1) is 15.8. The Kier molecular flexibility index (Phi) is 4.96. The van der Waals surface area contributed by atoms with Crippen LogP contribution in [-0.2, 0) is 4.79 Å². The lowest BCUT2D eigenvalue weighted by atomic mass is 10.3. The summed E-state index contributed by atoms with van der Waals surface area (Å²) in [6.45, 7) is 8.99. The SMILES string of the molecule is C=C(C)C(=C)Oc1ccc(OC(=O)CC(F)(F)F)cc1. The predicted molar refractivity (Wildman–Crippen MR) is 67.3 cm³/mol. The van der Waals surface area contributed by atoms with Gasteiger partial charge in [-0.2, -0.15) is 13.2 Å². The summed E-state index contributed by atoms with van der Waals surface area (Å²) in [6, 6.07) is 5.55.